The molecule has 4 aliphatic heterocycles. The van der Waals surface area contributed by atoms with Gasteiger partial charge in [-0.05, 0) is 68.6 Å². The minimum atomic E-state index is -1.32. The van der Waals surface area contributed by atoms with E-state index in [1.807, 2.05) is 52.8 Å². The van der Waals surface area contributed by atoms with Crippen LogP contribution >= 0.6 is 0 Å². The van der Waals surface area contributed by atoms with Crippen molar-refractivity contribution in [1.82, 2.24) is 0 Å². The first-order chi connectivity index (χ1) is 29.2. The van der Waals surface area contributed by atoms with E-state index in [0.717, 1.165) is 22.3 Å². The summed E-state index contributed by atoms with van der Waals surface area (Å²) >= 11 is 0. The normalized spacial score (nSPS) is 48.7. The van der Waals surface area contributed by atoms with Crippen LogP contribution in [-0.4, -0.2) is 118 Å². The van der Waals surface area contributed by atoms with Crippen LogP contribution < -0.4 is 0 Å². The Kier molecular flexibility index (Phi) is 10.0. The third-order valence-electron chi connectivity index (χ3n) is 17.2. The number of hydrogen-bond acceptors (Lipinski definition) is 14. The quantitative estimate of drug-likeness (QED) is 0.169. The van der Waals surface area contributed by atoms with E-state index in [1.165, 1.54) is 14.2 Å². The number of allylic oxidation sites excluding steroid dienone is 1. The predicted octanol–water partition coefficient (Wildman–Crippen LogP) is 3.82. The van der Waals surface area contributed by atoms with Crippen molar-refractivity contribution in [3.05, 3.63) is 68.4 Å². The van der Waals surface area contributed by atoms with E-state index in [-0.39, 0.29) is 77.0 Å². The second-order valence-corrected chi connectivity index (χ2v) is 19.8. The summed E-state index contributed by atoms with van der Waals surface area (Å²) in [6.07, 6.45) is 7.01. The fraction of sp³-hybridized carbons (Fsp3) is 0.702. The summed E-state index contributed by atoms with van der Waals surface area (Å²) in [5.74, 6) is -3.95. The molecule has 0 radical (unpaired) electrons. The zero-order valence-corrected chi connectivity index (χ0v) is 37.0. The predicted molar refractivity (Wildman–Crippen MR) is 218 cm³/mol. The Hall–Kier alpha value is -3.86. The lowest BCUT2D eigenvalue weighted by molar-refractivity contribution is -0.492. The van der Waals surface area contributed by atoms with E-state index in [4.69, 9.17) is 28.4 Å². The summed E-state index contributed by atoms with van der Waals surface area (Å²) in [5, 5.41) is 31.9. The van der Waals surface area contributed by atoms with Gasteiger partial charge in [-0.25, -0.2) is 9.59 Å². The van der Waals surface area contributed by atoms with Crippen molar-refractivity contribution < 1.29 is 62.7 Å². The van der Waals surface area contributed by atoms with Gasteiger partial charge in [0.2, 0.25) is 6.54 Å². The van der Waals surface area contributed by atoms with Crippen LogP contribution in [0.1, 0.15) is 68.2 Å². The van der Waals surface area contributed by atoms with Crippen LogP contribution in [0.2, 0.25) is 0 Å². The molecule has 8 bridgehead atoms. The first kappa shape index (κ1) is 43.4. The summed E-state index contributed by atoms with van der Waals surface area (Å²) in [6.45, 7) is 14.2. The lowest BCUT2D eigenvalue weighted by atomic mass is 9.52. The van der Waals surface area contributed by atoms with Gasteiger partial charge in [0.05, 0.1) is 42.2 Å². The number of ether oxygens (including phenoxy) is 6. The molecule has 2 N–H and O–H groups in total. The number of nitro groups is 1. The number of methoxy groups -OCH3 is 2. The molecule has 0 aromatic rings. The standard InChI is InChI=1S/C24H31NO8.C23H28O6/c1-10-16(9-25(29)30)21-15-7-6-14-8-23(31-5)17(11(2)20(13(4)26)32-22(23)28)12(3)24(14,33-21)18(15)19(10)27;1-10-8-16-15-7-6-14-9-22(27-5)17(11(2)20(13(4)24)28-21(22)26)12(3)23(14,29-16)18(15)19(10)25/h6-7,10-11,13-16,18,20-21,26H,8-9H2,1-5H3;6-8,11,13-16,18,20,24H,9H2,1-5H3/t10?,11-,13-,14-,15-,16?,18+,20+,21-,23-,24+;11-,13-,14-,15+,16+,18+,20+,22-,23+/m11/s1. The van der Waals surface area contributed by atoms with Crippen LogP contribution in [0.15, 0.2) is 58.2 Å². The number of aliphatic hydroxyl groups excluding tert-OH is 2. The molecule has 0 aromatic carbocycles. The number of ketones is 2. The summed E-state index contributed by atoms with van der Waals surface area (Å²) in [6, 6.07) is 0. The number of carbonyl (C=O) groups excluding carboxylic acids is 4. The average molecular weight is 862 g/mol. The topological polar surface area (TPSA) is 207 Å². The minimum Gasteiger partial charge on any atom is -0.457 e. The van der Waals surface area contributed by atoms with Gasteiger partial charge in [-0.3, -0.25) is 19.7 Å². The molecule has 62 heavy (non-hydrogen) atoms. The number of hydrogen-bond donors (Lipinski definition) is 2. The zero-order valence-electron chi connectivity index (χ0n) is 37.0. The van der Waals surface area contributed by atoms with Gasteiger partial charge < -0.3 is 38.6 Å². The number of rotatable bonds is 6. The average Bonchev–Trinajstić information content (AvgIpc) is 3.50. The Labute approximate surface area is 361 Å². The number of nitrogens with zero attached hydrogens (tertiary/aromatic N) is 1. The van der Waals surface area contributed by atoms with Crippen molar-refractivity contribution >= 4 is 23.5 Å². The third kappa shape index (κ3) is 5.26. The van der Waals surface area contributed by atoms with Crippen molar-refractivity contribution in [3.8, 4) is 0 Å². The first-order valence-electron chi connectivity index (χ1n) is 22.1. The van der Waals surface area contributed by atoms with Gasteiger partial charge in [0.1, 0.15) is 29.2 Å². The van der Waals surface area contributed by atoms with E-state index in [0.29, 0.717) is 12.0 Å². The molecule has 15 nitrogen and oxygen atoms in total. The van der Waals surface area contributed by atoms with Gasteiger partial charge in [-0.15, -0.1) is 0 Å². The van der Waals surface area contributed by atoms with Crippen molar-refractivity contribution in [2.75, 3.05) is 20.8 Å². The highest BCUT2D eigenvalue weighted by molar-refractivity contribution is 6.00. The van der Waals surface area contributed by atoms with Crippen LogP contribution in [0.3, 0.4) is 0 Å². The van der Waals surface area contributed by atoms with Gasteiger partial charge in [-0.1, -0.05) is 45.1 Å². The van der Waals surface area contributed by atoms with Crippen LogP contribution in [-0.2, 0) is 47.6 Å². The van der Waals surface area contributed by atoms with Crippen LogP contribution in [0.5, 0.6) is 0 Å². The lowest BCUT2D eigenvalue weighted by Crippen LogP contribution is -2.64. The molecule has 4 saturated heterocycles. The van der Waals surface area contributed by atoms with Crippen LogP contribution in [0.25, 0.3) is 0 Å². The maximum absolute atomic E-state index is 13.7. The fourth-order valence-corrected chi connectivity index (χ4v) is 14.5. The van der Waals surface area contributed by atoms with Crippen molar-refractivity contribution in [2.45, 2.75) is 127 Å². The molecular weight excluding hydrogens is 803 g/mol. The molecule has 1 saturated carbocycles. The number of esters is 2. The Bertz CT molecular complexity index is 2190. The second kappa shape index (κ2) is 14.3. The first-order valence-corrected chi connectivity index (χ1v) is 22.1. The Morgan fingerprint density at radius 1 is 0.758 bits per heavy atom. The Morgan fingerprint density at radius 3 is 1.71 bits per heavy atom. The summed E-state index contributed by atoms with van der Waals surface area (Å²) in [4.78, 5) is 64.4. The largest absolute Gasteiger partial charge is 0.457 e. The molecule has 0 aromatic heterocycles. The maximum atomic E-state index is 13.7. The van der Waals surface area contributed by atoms with Gasteiger partial charge in [0, 0.05) is 73.4 Å². The highest BCUT2D eigenvalue weighted by atomic mass is 16.6. The van der Waals surface area contributed by atoms with Gasteiger partial charge in [0.15, 0.2) is 17.0 Å². The minimum absolute atomic E-state index is 0.0158. The van der Waals surface area contributed by atoms with E-state index in [9.17, 15) is 39.5 Å². The number of cyclic esters (lactones) is 2. The molecule has 4 heterocycles. The van der Waals surface area contributed by atoms with E-state index >= 15 is 0 Å². The second-order valence-electron chi connectivity index (χ2n) is 19.8. The Balaban J connectivity index is 0.000000159. The molecule has 336 valence electrons. The molecule has 5 fully saturated rings. The van der Waals surface area contributed by atoms with E-state index in [1.54, 1.807) is 20.8 Å². The van der Waals surface area contributed by atoms with E-state index < -0.39 is 82.6 Å². The maximum Gasteiger partial charge on any atom is 0.343 e. The molecular formula is C47H59NO14. The summed E-state index contributed by atoms with van der Waals surface area (Å²) < 4.78 is 36.5. The van der Waals surface area contributed by atoms with Crippen molar-refractivity contribution in [1.29, 1.82) is 0 Å². The summed E-state index contributed by atoms with van der Waals surface area (Å²) in [5.41, 5.74) is -0.369. The Morgan fingerprint density at radius 2 is 1.24 bits per heavy atom. The third-order valence-corrected chi connectivity index (χ3v) is 17.2. The molecule has 2 unspecified atom stereocenters. The smallest absolute Gasteiger partial charge is 0.343 e. The molecule has 10 aliphatic rings. The molecule has 6 aliphatic carbocycles. The van der Waals surface area contributed by atoms with Crippen LogP contribution in [0, 0.1) is 69.3 Å². The molecule has 0 amide bonds. The highest BCUT2D eigenvalue weighted by Gasteiger charge is 2.74. The number of carbonyl (C=O) groups is 4. The van der Waals surface area contributed by atoms with Crippen molar-refractivity contribution in [2.24, 2.45) is 59.2 Å². The van der Waals surface area contributed by atoms with Gasteiger partial charge in [0.25, 0.3) is 0 Å². The monoisotopic (exact) mass is 861 g/mol. The summed E-state index contributed by atoms with van der Waals surface area (Å²) in [7, 11) is 3.01. The fourth-order valence-electron chi connectivity index (χ4n) is 14.5. The lowest BCUT2D eigenvalue weighted by Gasteiger charge is -2.55. The van der Waals surface area contributed by atoms with Crippen LogP contribution in [0.4, 0.5) is 0 Å². The number of aliphatic hydroxyl groups is 2. The van der Waals surface area contributed by atoms with Gasteiger partial charge in [-0.2, -0.15) is 0 Å². The highest BCUT2D eigenvalue weighted by Crippen LogP contribution is 2.66. The van der Waals surface area contributed by atoms with Crippen molar-refractivity contribution in [3.63, 3.8) is 0 Å². The number of fused-ring (bicyclic) bond motifs is 2. The number of Topliss-reactive ketones (excluding diaryl/α,β-unsaturated/α-hetero) is 2. The zero-order chi connectivity index (χ0) is 44.9. The molecule has 15 heteroatoms. The van der Waals surface area contributed by atoms with E-state index in [2.05, 4.69) is 12.2 Å². The SMILES string of the molecule is CO[C@]12C[C@H]3C=C[C@@H]4[C@H]5C(=O)C(C)C(C[N+](=O)[O-])[C@@H]4O[C@@]35C(C)=C1[C@@H](C)[C@@H]([C@@H](C)O)OC2=O.CO[C@]12C[C@H]3C=C[C@H]4[C@@H]5C=C(C)C(=O)[C@H]4[C@]3(O5)C(C)=C1[C@@H](C)[C@@H]([C@@H](C)O)OC2=O. The molecule has 20 atom stereocenters. The van der Waals surface area contributed by atoms with Gasteiger partial charge >= 0.3 is 11.9 Å². The molecule has 2 spiro atoms. The molecule has 10 rings (SSSR count).